The molecule has 0 saturated heterocycles. The third-order valence-corrected chi connectivity index (χ3v) is 3.06. The summed E-state index contributed by atoms with van der Waals surface area (Å²) in [5.41, 5.74) is 1.06. The molecule has 102 valence electrons. The molecule has 0 aliphatic heterocycles. The van der Waals surface area contributed by atoms with Gasteiger partial charge in [0.1, 0.15) is 0 Å². The van der Waals surface area contributed by atoms with Crippen LogP contribution in [0.3, 0.4) is 0 Å². The Morgan fingerprint density at radius 3 is 2.28 bits per heavy atom. The van der Waals surface area contributed by atoms with Crippen LogP contribution in [0.4, 0.5) is 0 Å². The van der Waals surface area contributed by atoms with E-state index >= 15 is 0 Å². The van der Waals surface area contributed by atoms with E-state index in [0.29, 0.717) is 6.61 Å². The lowest BCUT2D eigenvalue weighted by Crippen LogP contribution is -2.27. The summed E-state index contributed by atoms with van der Waals surface area (Å²) < 4.78 is 32.4. The molecule has 1 aromatic rings. The highest BCUT2D eigenvalue weighted by molar-refractivity contribution is 7.85. The van der Waals surface area contributed by atoms with Crippen LogP contribution in [-0.4, -0.2) is 27.4 Å². The first-order valence-corrected chi connectivity index (χ1v) is 7.70. The fraction of sp³-hybridized carbons (Fsp3) is 0.538. The molecule has 0 unspecified atom stereocenters. The summed E-state index contributed by atoms with van der Waals surface area (Å²) in [6.45, 7) is 4.46. The average Bonchev–Trinajstić information content (AvgIpc) is 2.28. The highest BCUT2D eigenvalue weighted by Crippen LogP contribution is 2.11. The topological polar surface area (TPSA) is 52.6 Å². The van der Waals surface area contributed by atoms with Gasteiger partial charge in [-0.05, 0) is 11.5 Å². The number of rotatable bonds is 7. The van der Waals surface area contributed by atoms with Gasteiger partial charge in [0, 0.05) is 0 Å². The van der Waals surface area contributed by atoms with Gasteiger partial charge >= 0.3 is 0 Å². The minimum absolute atomic E-state index is 0.0589. The Bertz CT molecular complexity index is 439. The summed E-state index contributed by atoms with van der Waals surface area (Å²) in [7, 11) is -3.42. The molecule has 0 aliphatic carbocycles. The van der Waals surface area contributed by atoms with E-state index in [0.717, 1.165) is 11.8 Å². The van der Waals surface area contributed by atoms with Gasteiger partial charge in [0.25, 0.3) is 10.1 Å². The van der Waals surface area contributed by atoms with E-state index in [-0.39, 0.29) is 18.6 Å². The van der Waals surface area contributed by atoms with Crippen LogP contribution >= 0.6 is 0 Å². The predicted octanol–water partition coefficient (Wildman–Crippen LogP) is 2.20. The molecular formula is C13H20O4S. The van der Waals surface area contributed by atoms with E-state index < -0.39 is 10.1 Å². The van der Waals surface area contributed by atoms with Crippen LogP contribution in [0.25, 0.3) is 0 Å². The van der Waals surface area contributed by atoms with Crippen molar-refractivity contribution in [1.29, 1.82) is 0 Å². The first-order valence-electron chi connectivity index (χ1n) is 5.88. The van der Waals surface area contributed by atoms with Gasteiger partial charge in [-0.25, -0.2) is 0 Å². The Morgan fingerprint density at radius 2 is 1.78 bits per heavy atom. The molecule has 4 nitrogen and oxygen atoms in total. The van der Waals surface area contributed by atoms with E-state index in [2.05, 4.69) is 0 Å². The molecule has 0 fully saturated rings. The second-order valence-corrected chi connectivity index (χ2v) is 6.21. The van der Waals surface area contributed by atoms with Crippen LogP contribution in [-0.2, 0) is 25.6 Å². The Labute approximate surface area is 109 Å². The van der Waals surface area contributed by atoms with Crippen LogP contribution in [0.2, 0.25) is 0 Å². The van der Waals surface area contributed by atoms with Crippen molar-refractivity contribution < 1.29 is 17.3 Å². The SMILES string of the molecule is CC(C)[C@@H](COS(C)(=O)=O)OCc1ccccc1. The van der Waals surface area contributed by atoms with E-state index in [9.17, 15) is 8.42 Å². The van der Waals surface area contributed by atoms with E-state index in [4.69, 9.17) is 8.92 Å². The largest absolute Gasteiger partial charge is 0.371 e. The fourth-order valence-corrected chi connectivity index (χ4v) is 1.78. The number of hydrogen-bond donors (Lipinski definition) is 0. The molecule has 1 rings (SSSR count). The molecule has 0 radical (unpaired) electrons. The normalized spacial score (nSPS) is 13.8. The van der Waals surface area contributed by atoms with Gasteiger partial charge in [-0.2, -0.15) is 8.42 Å². The van der Waals surface area contributed by atoms with Gasteiger partial charge in [0.15, 0.2) is 0 Å². The summed E-state index contributed by atoms with van der Waals surface area (Å²) in [6.07, 6.45) is 0.807. The van der Waals surface area contributed by atoms with Gasteiger partial charge in [0.2, 0.25) is 0 Å². The quantitative estimate of drug-likeness (QED) is 0.714. The van der Waals surface area contributed by atoms with Crippen molar-refractivity contribution in [2.75, 3.05) is 12.9 Å². The van der Waals surface area contributed by atoms with Crippen molar-refractivity contribution in [3.05, 3.63) is 35.9 Å². The monoisotopic (exact) mass is 272 g/mol. The highest BCUT2D eigenvalue weighted by Gasteiger charge is 2.17. The van der Waals surface area contributed by atoms with Gasteiger partial charge in [-0.3, -0.25) is 4.18 Å². The van der Waals surface area contributed by atoms with E-state index in [1.165, 1.54) is 0 Å². The van der Waals surface area contributed by atoms with Gasteiger partial charge in [-0.15, -0.1) is 0 Å². The molecule has 0 N–H and O–H groups in total. The Morgan fingerprint density at radius 1 is 1.17 bits per heavy atom. The molecule has 1 aromatic carbocycles. The molecule has 0 bridgehead atoms. The van der Waals surface area contributed by atoms with Crippen molar-refractivity contribution in [2.45, 2.75) is 26.6 Å². The number of ether oxygens (including phenoxy) is 1. The third-order valence-electron chi connectivity index (χ3n) is 2.50. The van der Waals surface area contributed by atoms with Crippen LogP contribution in [0, 0.1) is 5.92 Å². The summed E-state index contributed by atoms with van der Waals surface area (Å²) in [4.78, 5) is 0. The minimum Gasteiger partial charge on any atom is -0.371 e. The Hall–Kier alpha value is -0.910. The second-order valence-electron chi connectivity index (χ2n) is 4.57. The van der Waals surface area contributed by atoms with Gasteiger partial charge in [-0.1, -0.05) is 44.2 Å². The molecule has 0 amide bonds. The number of hydrogen-bond acceptors (Lipinski definition) is 4. The zero-order valence-corrected chi connectivity index (χ0v) is 11.8. The summed E-state index contributed by atoms with van der Waals surface area (Å²) in [5, 5.41) is 0. The van der Waals surface area contributed by atoms with Gasteiger partial charge in [0.05, 0.1) is 25.6 Å². The summed E-state index contributed by atoms with van der Waals surface area (Å²) in [5.74, 6) is 0.190. The molecule has 18 heavy (non-hydrogen) atoms. The van der Waals surface area contributed by atoms with Crippen LogP contribution < -0.4 is 0 Å². The van der Waals surface area contributed by atoms with Gasteiger partial charge < -0.3 is 4.74 Å². The van der Waals surface area contributed by atoms with Crippen LogP contribution in [0.15, 0.2) is 30.3 Å². The first-order chi connectivity index (χ1) is 8.38. The van der Waals surface area contributed by atoms with Crippen LogP contribution in [0.5, 0.6) is 0 Å². The van der Waals surface area contributed by atoms with E-state index in [1.807, 2.05) is 44.2 Å². The lowest BCUT2D eigenvalue weighted by atomic mass is 10.1. The lowest BCUT2D eigenvalue weighted by Gasteiger charge is -2.20. The summed E-state index contributed by atoms with van der Waals surface area (Å²) >= 11 is 0. The average molecular weight is 272 g/mol. The predicted molar refractivity (Wildman–Crippen MR) is 70.7 cm³/mol. The summed E-state index contributed by atoms with van der Waals surface area (Å²) in [6, 6.07) is 9.76. The maximum absolute atomic E-state index is 11.0. The van der Waals surface area contributed by atoms with E-state index in [1.54, 1.807) is 0 Å². The first kappa shape index (κ1) is 15.1. The molecule has 0 saturated carbocycles. The van der Waals surface area contributed by atoms with Crippen molar-refractivity contribution >= 4 is 10.1 Å². The molecule has 0 aromatic heterocycles. The zero-order chi connectivity index (χ0) is 13.6. The number of benzene rings is 1. The molecule has 0 heterocycles. The van der Waals surface area contributed by atoms with Crippen molar-refractivity contribution in [1.82, 2.24) is 0 Å². The fourth-order valence-electron chi connectivity index (χ4n) is 1.40. The molecular weight excluding hydrogens is 252 g/mol. The molecule has 5 heteroatoms. The van der Waals surface area contributed by atoms with Crippen molar-refractivity contribution in [2.24, 2.45) is 5.92 Å². The lowest BCUT2D eigenvalue weighted by molar-refractivity contribution is -0.0161. The maximum Gasteiger partial charge on any atom is 0.264 e. The second kappa shape index (κ2) is 6.87. The smallest absolute Gasteiger partial charge is 0.264 e. The molecule has 0 spiro atoms. The highest BCUT2D eigenvalue weighted by atomic mass is 32.2. The van der Waals surface area contributed by atoms with Crippen LogP contribution in [0.1, 0.15) is 19.4 Å². The van der Waals surface area contributed by atoms with Crippen molar-refractivity contribution in [3.63, 3.8) is 0 Å². The maximum atomic E-state index is 11.0. The zero-order valence-electron chi connectivity index (χ0n) is 11.0. The standard InChI is InChI=1S/C13H20O4S/c1-11(2)13(10-17-18(3,14)15)16-9-12-7-5-4-6-8-12/h4-8,11,13H,9-10H2,1-3H3/t13-/m1/s1. The molecule has 0 aliphatic rings. The molecule has 1 atom stereocenters. The Kier molecular flexibility index (Phi) is 5.78. The minimum atomic E-state index is -3.42. The third kappa shape index (κ3) is 6.14. The Balaban J connectivity index is 2.48. The van der Waals surface area contributed by atoms with Crippen molar-refractivity contribution in [3.8, 4) is 0 Å².